The normalized spacial score (nSPS) is 20.8. The summed E-state index contributed by atoms with van der Waals surface area (Å²) in [6.45, 7) is 5.34. The van der Waals surface area contributed by atoms with Crippen molar-refractivity contribution in [3.63, 3.8) is 0 Å². The fraction of sp³-hybridized carbons (Fsp3) is 0.360. The molecule has 1 aromatic carbocycles. The van der Waals surface area contributed by atoms with Crippen LogP contribution in [0.1, 0.15) is 28.9 Å². The third kappa shape index (κ3) is 4.31. The number of morpholine rings is 2. The molecule has 34 heavy (non-hydrogen) atoms. The number of imidazole rings is 1. The summed E-state index contributed by atoms with van der Waals surface area (Å²) in [5, 5.41) is 0. The number of halogens is 1. The molecule has 0 N–H and O–H groups in total. The number of carbonyl (C=O) groups excluding carboxylic acids is 2. The standard InChI is InChI=1S/C25H26FN5O3/c1-16-8-22(23(26)28-10-16)18-4-3-5-19(9-18)25(33)31-13-20-11-30(12-21(14-31)34-20)24(32)17(2)29-7-6-27-15-29/h3-10,15,17,20-21H,11-14H2,1-2H3. The summed E-state index contributed by atoms with van der Waals surface area (Å²) in [5.41, 5.74) is 2.31. The van der Waals surface area contributed by atoms with Crippen molar-refractivity contribution in [1.29, 1.82) is 0 Å². The first-order valence-corrected chi connectivity index (χ1v) is 11.3. The van der Waals surface area contributed by atoms with Crippen LogP contribution in [-0.4, -0.2) is 74.5 Å². The number of hydrogen-bond donors (Lipinski definition) is 0. The predicted octanol–water partition coefficient (Wildman–Crippen LogP) is 2.71. The molecular formula is C25H26FN5O3. The van der Waals surface area contributed by atoms with E-state index in [0.29, 0.717) is 42.9 Å². The van der Waals surface area contributed by atoms with Gasteiger partial charge in [-0.15, -0.1) is 0 Å². The maximum atomic E-state index is 14.3. The second kappa shape index (κ2) is 8.98. The van der Waals surface area contributed by atoms with E-state index in [-0.39, 0.29) is 30.1 Å². The van der Waals surface area contributed by atoms with Gasteiger partial charge in [0.1, 0.15) is 6.04 Å². The molecule has 0 aliphatic carbocycles. The first kappa shape index (κ1) is 22.2. The smallest absolute Gasteiger partial charge is 0.254 e. The second-order valence-corrected chi connectivity index (χ2v) is 8.95. The van der Waals surface area contributed by atoms with Gasteiger partial charge in [0, 0.05) is 55.9 Å². The van der Waals surface area contributed by atoms with Gasteiger partial charge in [-0.05, 0) is 43.2 Å². The van der Waals surface area contributed by atoms with E-state index in [1.54, 1.807) is 58.5 Å². The molecule has 3 unspecified atom stereocenters. The van der Waals surface area contributed by atoms with Gasteiger partial charge in [0.15, 0.2) is 0 Å². The maximum Gasteiger partial charge on any atom is 0.254 e. The third-order valence-electron chi connectivity index (χ3n) is 6.41. The fourth-order valence-corrected chi connectivity index (χ4v) is 4.69. The maximum absolute atomic E-state index is 14.3. The molecule has 3 aromatic rings. The Balaban J connectivity index is 1.29. The Morgan fingerprint density at radius 2 is 1.85 bits per heavy atom. The lowest BCUT2D eigenvalue weighted by atomic mass is 10.0. The lowest BCUT2D eigenvalue weighted by molar-refractivity contribution is -0.159. The number of benzene rings is 1. The molecule has 0 radical (unpaired) electrons. The van der Waals surface area contributed by atoms with E-state index >= 15 is 0 Å². The van der Waals surface area contributed by atoms with Crippen molar-refractivity contribution in [1.82, 2.24) is 24.3 Å². The van der Waals surface area contributed by atoms with Crippen molar-refractivity contribution in [2.45, 2.75) is 32.1 Å². The molecule has 2 saturated heterocycles. The minimum absolute atomic E-state index is 0.0116. The van der Waals surface area contributed by atoms with Gasteiger partial charge >= 0.3 is 0 Å². The molecule has 2 amide bonds. The van der Waals surface area contributed by atoms with Crippen LogP contribution in [0.25, 0.3) is 11.1 Å². The minimum Gasteiger partial charge on any atom is -0.368 e. The summed E-state index contributed by atoms with van der Waals surface area (Å²) in [7, 11) is 0. The lowest BCUT2D eigenvalue weighted by Crippen LogP contribution is -2.62. The highest BCUT2D eigenvalue weighted by molar-refractivity contribution is 5.95. The molecule has 2 fully saturated rings. The van der Waals surface area contributed by atoms with Crippen LogP contribution in [0.5, 0.6) is 0 Å². The van der Waals surface area contributed by atoms with Gasteiger partial charge in [-0.25, -0.2) is 9.97 Å². The molecule has 0 saturated carbocycles. The second-order valence-electron chi connectivity index (χ2n) is 8.95. The van der Waals surface area contributed by atoms with E-state index < -0.39 is 5.95 Å². The summed E-state index contributed by atoms with van der Waals surface area (Å²) >= 11 is 0. The third-order valence-corrected chi connectivity index (χ3v) is 6.41. The summed E-state index contributed by atoms with van der Waals surface area (Å²) in [6.07, 6.45) is 6.03. The van der Waals surface area contributed by atoms with Crippen molar-refractivity contribution >= 4 is 11.8 Å². The number of fused-ring (bicyclic) bond motifs is 2. The van der Waals surface area contributed by atoms with Gasteiger partial charge in [0.05, 0.1) is 18.5 Å². The number of aryl methyl sites for hydroxylation is 1. The van der Waals surface area contributed by atoms with E-state index in [4.69, 9.17) is 4.74 Å². The Bertz CT molecular complexity index is 1200. The largest absolute Gasteiger partial charge is 0.368 e. The topological polar surface area (TPSA) is 80.6 Å². The monoisotopic (exact) mass is 463 g/mol. The van der Waals surface area contributed by atoms with Crippen LogP contribution in [-0.2, 0) is 9.53 Å². The average molecular weight is 464 g/mol. The Kier molecular flexibility index (Phi) is 5.87. The van der Waals surface area contributed by atoms with Crippen molar-refractivity contribution < 1.29 is 18.7 Å². The van der Waals surface area contributed by atoms with Crippen LogP contribution in [0.4, 0.5) is 4.39 Å². The predicted molar refractivity (Wildman–Crippen MR) is 122 cm³/mol. The van der Waals surface area contributed by atoms with Crippen LogP contribution in [0.3, 0.4) is 0 Å². The number of pyridine rings is 1. The van der Waals surface area contributed by atoms with E-state index in [1.807, 2.05) is 18.7 Å². The molecule has 2 bridgehead atoms. The Hall–Kier alpha value is -3.59. The van der Waals surface area contributed by atoms with Crippen LogP contribution < -0.4 is 0 Å². The van der Waals surface area contributed by atoms with Crippen LogP contribution in [0, 0.1) is 12.9 Å². The Morgan fingerprint density at radius 1 is 1.12 bits per heavy atom. The van der Waals surface area contributed by atoms with Gasteiger partial charge in [0.25, 0.3) is 5.91 Å². The minimum atomic E-state index is -0.564. The number of ether oxygens (including phenoxy) is 1. The van der Waals surface area contributed by atoms with Crippen molar-refractivity contribution in [2.75, 3.05) is 26.2 Å². The summed E-state index contributed by atoms with van der Waals surface area (Å²) in [4.78, 5) is 37.7. The van der Waals surface area contributed by atoms with Gasteiger partial charge in [-0.3, -0.25) is 9.59 Å². The van der Waals surface area contributed by atoms with Crippen molar-refractivity contribution in [3.8, 4) is 11.1 Å². The number of amides is 2. The summed E-state index contributed by atoms with van der Waals surface area (Å²) in [6, 6.07) is 8.34. The van der Waals surface area contributed by atoms with Gasteiger partial charge in [0.2, 0.25) is 11.9 Å². The van der Waals surface area contributed by atoms with E-state index in [0.717, 1.165) is 5.56 Å². The lowest BCUT2D eigenvalue weighted by Gasteiger charge is -2.46. The highest BCUT2D eigenvalue weighted by Gasteiger charge is 2.39. The number of rotatable bonds is 4. The van der Waals surface area contributed by atoms with Gasteiger partial charge < -0.3 is 19.1 Å². The molecule has 0 spiro atoms. The van der Waals surface area contributed by atoms with Gasteiger partial charge in [-0.2, -0.15) is 4.39 Å². The molecule has 2 aliphatic heterocycles. The van der Waals surface area contributed by atoms with Crippen LogP contribution >= 0.6 is 0 Å². The number of aromatic nitrogens is 3. The number of hydrogen-bond acceptors (Lipinski definition) is 5. The highest BCUT2D eigenvalue weighted by Crippen LogP contribution is 2.26. The SMILES string of the molecule is Cc1cnc(F)c(-c2cccc(C(=O)N3CC4CN(C(=O)C(C)n5ccnc5)CC(C3)O4)c2)c1. The molecule has 9 heteroatoms. The fourth-order valence-electron chi connectivity index (χ4n) is 4.69. The molecule has 2 aromatic heterocycles. The molecule has 8 nitrogen and oxygen atoms in total. The summed E-state index contributed by atoms with van der Waals surface area (Å²) < 4.78 is 22.1. The molecule has 2 aliphatic rings. The Morgan fingerprint density at radius 3 is 2.56 bits per heavy atom. The highest BCUT2D eigenvalue weighted by atomic mass is 19.1. The molecular weight excluding hydrogens is 437 g/mol. The van der Waals surface area contributed by atoms with Crippen LogP contribution in [0.2, 0.25) is 0 Å². The zero-order valence-electron chi connectivity index (χ0n) is 19.1. The number of carbonyl (C=O) groups is 2. The van der Waals surface area contributed by atoms with E-state index in [9.17, 15) is 14.0 Å². The van der Waals surface area contributed by atoms with E-state index in [1.165, 1.54) is 6.20 Å². The zero-order chi connectivity index (χ0) is 23.8. The molecule has 4 heterocycles. The molecule has 5 rings (SSSR count). The molecule has 3 atom stereocenters. The van der Waals surface area contributed by atoms with Crippen molar-refractivity contribution in [3.05, 3.63) is 72.3 Å². The van der Waals surface area contributed by atoms with Crippen molar-refractivity contribution in [2.24, 2.45) is 0 Å². The first-order valence-electron chi connectivity index (χ1n) is 11.3. The zero-order valence-corrected chi connectivity index (χ0v) is 19.1. The summed E-state index contributed by atoms with van der Waals surface area (Å²) in [5.74, 6) is -0.684. The Labute approximate surface area is 197 Å². The first-order chi connectivity index (χ1) is 16.4. The van der Waals surface area contributed by atoms with Crippen LogP contribution in [0.15, 0.2) is 55.2 Å². The molecule has 176 valence electrons. The number of nitrogens with zero attached hydrogens (tertiary/aromatic N) is 5. The average Bonchev–Trinajstić information content (AvgIpc) is 3.38. The quantitative estimate of drug-likeness (QED) is 0.556. The van der Waals surface area contributed by atoms with Gasteiger partial charge in [-0.1, -0.05) is 12.1 Å². The van der Waals surface area contributed by atoms with E-state index in [2.05, 4.69) is 9.97 Å².